The molecule has 1 saturated heterocycles. The summed E-state index contributed by atoms with van der Waals surface area (Å²) in [6.07, 6.45) is 0.764. The van der Waals surface area contributed by atoms with E-state index in [1.165, 1.54) is 21.8 Å². The maximum absolute atomic E-state index is 12.1. The van der Waals surface area contributed by atoms with E-state index in [1.54, 1.807) is 0 Å². The molecule has 2 rings (SSSR count). The number of nitrogens with one attached hydrogen (secondary N) is 1. The van der Waals surface area contributed by atoms with Gasteiger partial charge in [-0.3, -0.25) is 14.3 Å². The number of hydrogen-bond donors (Lipinski definition) is 2. The van der Waals surface area contributed by atoms with E-state index in [-0.39, 0.29) is 18.1 Å². The number of aliphatic hydroxyl groups excluding tert-OH is 1. The van der Waals surface area contributed by atoms with Gasteiger partial charge < -0.3 is 19.3 Å². The number of H-pyrrole nitrogens is 1. The molecule has 0 radical (unpaired) electrons. The van der Waals surface area contributed by atoms with Crippen LogP contribution in [-0.4, -0.2) is 52.2 Å². The van der Waals surface area contributed by atoms with Gasteiger partial charge in [-0.2, -0.15) is 0 Å². The molecule has 2 unspecified atom stereocenters. The van der Waals surface area contributed by atoms with Gasteiger partial charge in [0.1, 0.15) is 12.3 Å². The standard InChI is InChI=1S/C15H20BrClN2O6/c1-2-23-13(6-17)25-10-5-12(24-11(10)8-20)19-7-9(3-4-16)14(21)18-15(19)22/h3-4,7,10-13,20H,2,5-6,8H2,1H3,(H,18,21,22)/t10?,11-,12-,13?/m0/s1. The molecular weight excluding hydrogens is 420 g/mol. The largest absolute Gasteiger partial charge is 0.394 e. The quantitative estimate of drug-likeness (QED) is 0.466. The van der Waals surface area contributed by atoms with Crippen LogP contribution < -0.4 is 11.2 Å². The number of halogens is 2. The van der Waals surface area contributed by atoms with Gasteiger partial charge in [0.15, 0.2) is 6.29 Å². The minimum absolute atomic E-state index is 0.131. The Morgan fingerprint density at radius 1 is 1.60 bits per heavy atom. The summed E-state index contributed by atoms with van der Waals surface area (Å²) in [5.74, 6) is 0.131. The van der Waals surface area contributed by atoms with E-state index >= 15 is 0 Å². The van der Waals surface area contributed by atoms with Crippen molar-refractivity contribution in [2.24, 2.45) is 0 Å². The highest BCUT2D eigenvalue weighted by atomic mass is 79.9. The number of aromatic amines is 1. The van der Waals surface area contributed by atoms with Crippen molar-refractivity contribution in [3.63, 3.8) is 0 Å². The van der Waals surface area contributed by atoms with Gasteiger partial charge in [-0.25, -0.2) is 4.79 Å². The minimum Gasteiger partial charge on any atom is -0.394 e. The van der Waals surface area contributed by atoms with Crippen LogP contribution in [0.5, 0.6) is 0 Å². The van der Waals surface area contributed by atoms with Crippen molar-refractivity contribution >= 4 is 33.6 Å². The Kier molecular flexibility index (Phi) is 7.85. The van der Waals surface area contributed by atoms with Crippen LogP contribution in [0.1, 0.15) is 25.1 Å². The van der Waals surface area contributed by atoms with E-state index < -0.39 is 36.0 Å². The highest BCUT2D eigenvalue weighted by Crippen LogP contribution is 2.30. The van der Waals surface area contributed by atoms with Crippen LogP contribution in [0.25, 0.3) is 6.08 Å². The molecule has 0 aromatic carbocycles. The number of nitrogens with zero attached hydrogens (tertiary/aromatic N) is 1. The number of ether oxygens (including phenoxy) is 3. The molecule has 8 nitrogen and oxygen atoms in total. The fraction of sp³-hybridized carbons (Fsp3) is 0.600. The summed E-state index contributed by atoms with van der Waals surface area (Å²) in [6, 6.07) is 0. The smallest absolute Gasteiger partial charge is 0.330 e. The number of aliphatic hydroxyl groups is 1. The van der Waals surface area contributed by atoms with Gasteiger partial charge in [0.2, 0.25) is 0 Å². The predicted molar refractivity (Wildman–Crippen MR) is 95.9 cm³/mol. The molecule has 4 atom stereocenters. The Bertz CT molecular complexity index is 706. The molecular formula is C15H20BrClN2O6. The lowest BCUT2D eigenvalue weighted by molar-refractivity contribution is -0.170. The second-order valence-electron chi connectivity index (χ2n) is 5.30. The van der Waals surface area contributed by atoms with Crippen molar-refractivity contribution in [3.8, 4) is 0 Å². The molecule has 1 fully saturated rings. The first-order chi connectivity index (χ1) is 12.0. The monoisotopic (exact) mass is 438 g/mol. The number of aromatic nitrogens is 2. The second kappa shape index (κ2) is 9.65. The van der Waals surface area contributed by atoms with Gasteiger partial charge in [0.25, 0.3) is 5.56 Å². The van der Waals surface area contributed by atoms with Crippen LogP contribution in [0.2, 0.25) is 0 Å². The van der Waals surface area contributed by atoms with Crippen LogP contribution >= 0.6 is 27.5 Å². The average Bonchev–Trinajstić information content (AvgIpc) is 2.99. The first kappa shape index (κ1) is 20.3. The van der Waals surface area contributed by atoms with Gasteiger partial charge in [-0.1, -0.05) is 15.9 Å². The summed E-state index contributed by atoms with van der Waals surface area (Å²) in [4.78, 5) is 27.6. The maximum Gasteiger partial charge on any atom is 0.330 e. The fourth-order valence-corrected chi connectivity index (χ4v) is 3.03. The Hall–Kier alpha value is -0.970. The first-order valence-corrected chi connectivity index (χ1v) is 9.20. The van der Waals surface area contributed by atoms with Crippen molar-refractivity contribution in [2.45, 2.75) is 38.1 Å². The molecule has 1 aromatic rings. The van der Waals surface area contributed by atoms with Gasteiger partial charge in [-0.15, -0.1) is 11.6 Å². The van der Waals surface area contributed by atoms with E-state index in [1.807, 2.05) is 6.92 Å². The molecule has 1 aliphatic rings. The Labute approximate surface area is 157 Å². The van der Waals surface area contributed by atoms with Crippen molar-refractivity contribution in [1.82, 2.24) is 9.55 Å². The third-order valence-corrected chi connectivity index (χ3v) is 4.23. The van der Waals surface area contributed by atoms with E-state index in [0.717, 1.165) is 0 Å². The normalized spacial score (nSPS) is 24.9. The third-order valence-electron chi connectivity index (χ3n) is 3.71. The van der Waals surface area contributed by atoms with Crippen LogP contribution in [0.4, 0.5) is 0 Å². The maximum atomic E-state index is 12.1. The van der Waals surface area contributed by atoms with Gasteiger partial charge in [0.05, 0.1) is 24.2 Å². The summed E-state index contributed by atoms with van der Waals surface area (Å²) >= 11 is 8.90. The van der Waals surface area contributed by atoms with Crippen molar-refractivity contribution in [2.75, 3.05) is 19.1 Å². The zero-order valence-electron chi connectivity index (χ0n) is 13.6. The molecule has 0 aliphatic carbocycles. The molecule has 2 N–H and O–H groups in total. The number of hydrogen-bond acceptors (Lipinski definition) is 6. The Morgan fingerprint density at radius 3 is 2.96 bits per heavy atom. The topological polar surface area (TPSA) is 103 Å². The van der Waals surface area contributed by atoms with Crippen LogP contribution in [0.15, 0.2) is 20.8 Å². The molecule has 0 amide bonds. The lowest BCUT2D eigenvalue weighted by atomic mass is 10.2. The van der Waals surface area contributed by atoms with Crippen molar-refractivity contribution in [3.05, 3.63) is 37.6 Å². The number of rotatable bonds is 8. The number of alkyl halides is 1. The van der Waals surface area contributed by atoms with Gasteiger partial charge >= 0.3 is 5.69 Å². The van der Waals surface area contributed by atoms with Crippen LogP contribution in [-0.2, 0) is 14.2 Å². The lowest BCUT2D eigenvalue weighted by Gasteiger charge is -2.22. The van der Waals surface area contributed by atoms with Crippen molar-refractivity contribution < 1.29 is 19.3 Å². The lowest BCUT2D eigenvalue weighted by Crippen LogP contribution is -2.33. The zero-order valence-corrected chi connectivity index (χ0v) is 15.9. The molecule has 1 aromatic heterocycles. The molecule has 10 heteroatoms. The van der Waals surface area contributed by atoms with E-state index in [4.69, 9.17) is 25.8 Å². The third kappa shape index (κ3) is 5.02. The van der Waals surface area contributed by atoms with Crippen molar-refractivity contribution in [1.29, 1.82) is 0 Å². The van der Waals surface area contributed by atoms with Crippen LogP contribution in [0.3, 0.4) is 0 Å². The summed E-state index contributed by atoms with van der Waals surface area (Å²) in [6.45, 7) is 1.97. The van der Waals surface area contributed by atoms with Gasteiger partial charge in [0, 0.05) is 19.2 Å². The van der Waals surface area contributed by atoms with Crippen LogP contribution in [0, 0.1) is 0 Å². The minimum atomic E-state index is -0.688. The summed E-state index contributed by atoms with van der Waals surface area (Å²) in [7, 11) is 0. The molecule has 0 spiro atoms. The fourth-order valence-electron chi connectivity index (χ4n) is 2.58. The zero-order chi connectivity index (χ0) is 18.4. The van der Waals surface area contributed by atoms with E-state index in [0.29, 0.717) is 13.0 Å². The highest BCUT2D eigenvalue weighted by molar-refractivity contribution is 9.11. The molecule has 140 valence electrons. The molecule has 2 heterocycles. The average molecular weight is 440 g/mol. The molecule has 0 bridgehead atoms. The molecule has 1 aliphatic heterocycles. The van der Waals surface area contributed by atoms with E-state index in [2.05, 4.69) is 20.9 Å². The second-order valence-corrected chi connectivity index (χ2v) is 6.14. The Balaban J connectivity index is 2.23. The SMILES string of the molecule is CCOC(CCl)OC1C[C@@H](n2cc(C=CBr)c(=O)[nH]c2=O)O[C@H]1CO. The predicted octanol–water partition coefficient (Wildman–Crippen LogP) is 1.17. The van der Waals surface area contributed by atoms with E-state index in [9.17, 15) is 14.7 Å². The summed E-state index contributed by atoms with van der Waals surface area (Å²) in [5.41, 5.74) is -0.810. The first-order valence-electron chi connectivity index (χ1n) is 7.75. The Morgan fingerprint density at radius 2 is 2.36 bits per heavy atom. The summed E-state index contributed by atoms with van der Waals surface area (Å²) < 4.78 is 18.1. The molecule has 0 saturated carbocycles. The van der Waals surface area contributed by atoms with Gasteiger partial charge in [-0.05, 0) is 18.0 Å². The highest BCUT2D eigenvalue weighted by Gasteiger charge is 2.38. The molecule has 25 heavy (non-hydrogen) atoms. The summed E-state index contributed by atoms with van der Waals surface area (Å²) in [5, 5.41) is 9.53.